The van der Waals surface area contributed by atoms with Gasteiger partial charge in [-0.15, -0.1) is 11.8 Å². The molecule has 3 amide bonds. The zero-order chi connectivity index (χ0) is 30.8. The molecule has 4 rings (SSSR count). The first kappa shape index (κ1) is 31.6. The van der Waals surface area contributed by atoms with E-state index in [0.717, 1.165) is 14.2 Å². The molecule has 0 saturated carbocycles. The lowest BCUT2D eigenvalue weighted by Gasteiger charge is -2.15. The number of para-hydroxylation sites is 1. The van der Waals surface area contributed by atoms with Crippen LogP contribution in [0.3, 0.4) is 0 Å². The minimum Gasteiger partial charge on any atom is -0.493 e. The molecule has 8 nitrogen and oxygen atoms in total. The van der Waals surface area contributed by atoms with E-state index in [1.54, 1.807) is 66.7 Å². The van der Waals surface area contributed by atoms with Crippen molar-refractivity contribution in [1.29, 1.82) is 0 Å². The summed E-state index contributed by atoms with van der Waals surface area (Å²) < 4.78 is 12.0. The molecular weight excluding hydrogens is 677 g/mol. The highest BCUT2D eigenvalue weighted by molar-refractivity contribution is 14.1. The number of amides is 3. The molecular formula is C33H30IN3O5S. The Morgan fingerprint density at radius 1 is 0.814 bits per heavy atom. The van der Waals surface area contributed by atoms with Crippen LogP contribution in [0.5, 0.6) is 11.5 Å². The second-order valence-electron chi connectivity index (χ2n) is 9.20. The maximum atomic E-state index is 13.6. The summed E-state index contributed by atoms with van der Waals surface area (Å²) in [6.07, 6.45) is 1.53. The maximum Gasteiger partial charge on any atom is 0.272 e. The highest BCUT2D eigenvalue weighted by Crippen LogP contribution is 2.32. The highest BCUT2D eigenvalue weighted by atomic mass is 127. The van der Waals surface area contributed by atoms with Crippen LogP contribution in [0, 0.1) is 3.57 Å². The first-order valence-electron chi connectivity index (χ1n) is 13.2. The molecule has 0 aliphatic heterocycles. The largest absolute Gasteiger partial charge is 0.493 e. The Hall–Kier alpha value is -4.29. The lowest BCUT2D eigenvalue weighted by molar-refractivity contribution is -0.115. The van der Waals surface area contributed by atoms with Gasteiger partial charge in [-0.2, -0.15) is 0 Å². The molecule has 0 fully saturated rings. The van der Waals surface area contributed by atoms with Crippen molar-refractivity contribution in [3.8, 4) is 11.5 Å². The van der Waals surface area contributed by atoms with Gasteiger partial charge in [0.05, 0.1) is 19.5 Å². The predicted octanol–water partition coefficient (Wildman–Crippen LogP) is 6.84. The maximum absolute atomic E-state index is 13.6. The van der Waals surface area contributed by atoms with Crippen molar-refractivity contribution in [3.63, 3.8) is 0 Å². The Bertz CT molecular complexity index is 1630. The summed E-state index contributed by atoms with van der Waals surface area (Å²) in [7, 11) is 3.02. The van der Waals surface area contributed by atoms with Gasteiger partial charge in [0.15, 0.2) is 11.5 Å². The molecule has 0 spiro atoms. The van der Waals surface area contributed by atoms with Gasteiger partial charge in [0, 0.05) is 31.0 Å². The fraction of sp³-hybridized carbons (Fsp3) is 0.121. The molecule has 0 aliphatic rings. The molecule has 0 radical (unpaired) electrons. The molecule has 4 aromatic carbocycles. The number of nitrogens with one attached hydrogen (secondary N) is 3. The van der Waals surface area contributed by atoms with Gasteiger partial charge in [-0.25, -0.2) is 0 Å². The van der Waals surface area contributed by atoms with E-state index in [2.05, 4.69) is 38.5 Å². The third-order valence-corrected chi connectivity index (χ3v) is 7.96. The molecule has 0 heterocycles. The zero-order valence-corrected chi connectivity index (χ0v) is 26.7. The molecule has 0 aliphatic carbocycles. The summed E-state index contributed by atoms with van der Waals surface area (Å²) in [6.45, 7) is 1.82. The number of halogens is 1. The summed E-state index contributed by atoms with van der Waals surface area (Å²) in [4.78, 5) is 40.2. The standard InChI is InChI=1S/C33H30IN3O5S/c1-21(31(38)35-25-17-15-24(34)16-18-25)43-27-13-8-12-26(20-27)36-33(40)28(37-32(39)22-9-5-4-6-10-22)19-23-11-7-14-29(41-2)30(23)42-3/h4-21H,1-3H3,(H,35,38)(H,36,40)(H,37,39)/b28-19+. The van der Waals surface area contributed by atoms with E-state index in [4.69, 9.17) is 9.47 Å². The number of anilines is 2. The van der Waals surface area contributed by atoms with Crippen molar-refractivity contribution in [3.05, 3.63) is 117 Å². The third-order valence-electron chi connectivity index (χ3n) is 6.15. The van der Waals surface area contributed by atoms with Crippen LogP contribution < -0.4 is 25.4 Å². The SMILES string of the molecule is COc1cccc(/C=C(/NC(=O)c2ccccc2)C(=O)Nc2cccc(SC(C)C(=O)Nc3ccc(I)cc3)c2)c1OC. The van der Waals surface area contributed by atoms with Crippen molar-refractivity contribution in [1.82, 2.24) is 5.32 Å². The monoisotopic (exact) mass is 707 g/mol. The molecule has 1 unspecified atom stereocenters. The number of hydrogen-bond acceptors (Lipinski definition) is 6. The minimum absolute atomic E-state index is 0.00345. The van der Waals surface area contributed by atoms with Crippen LogP contribution in [0.25, 0.3) is 6.08 Å². The number of carbonyl (C=O) groups is 3. The Morgan fingerprint density at radius 3 is 2.23 bits per heavy atom. The number of thioether (sulfide) groups is 1. The molecule has 1 atom stereocenters. The van der Waals surface area contributed by atoms with E-state index in [9.17, 15) is 14.4 Å². The number of benzene rings is 4. The van der Waals surface area contributed by atoms with E-state index in [0.29, 0.717) is 28.3 Å². The molecule has 10 heteroatoms. The van der Waals surface area contributed by atoms with Crippen molar-refractivity contribution in [2.45, 2.75) is 17.1 Å². The average molecular weight is 708 g/mol. The molecule has 0 bridgehead atoms. The zero-order valence-electron chi connectivity index (χ0n) is 23.7. The van der Waals surface area contributed by atoms with Gasteiger partial charge in [0.25, 0.3) is 11.8 Å². The molecule has 0 saturated heterocycles. The third kappa shape index (κ3) is 8.85. The van der Waals surface area contributed by atoms with Crippen LogP contribution in [-0.2, 0) is 9.59 Å². The van der Waals surface area contributed by atoms with Crippen LogP contribution in [0.2, 0.25) is 0 Å². The number of methoxy groups -OCH3 is 2. The van der Waals surface area contributed by atoms with E-state index in [1.807, 2.05) is 37.3 Å². The summed E-state index contributed by atoms with van der Waals surface area (Å²) >= 11 is 3.58. The van der Waals surface area contributed by atoms with Gasteiger partial charge in [-0.05, 0) is 96.3 Å². The summed E-state index contributed by atoms with van der Waals surface area (Å²) in [5, 5.41) is 8.13. The van der Waals surface area contributed by atoms with E-state index < -0.39 is 17.1 Å². The fourth-order valence-corrected chi connectivity index (χ4v) is 5.29. The number of rotatable bonds is 11. The molecule has 3 N–H and O–H groups in total. The van der Waals surface area contributed by atoms with Crippen molar-refractivity contribution < 1.29 is 23.9 Å². The van der Waals surface area contributed by atoms with Crippen molar-refractivity contribution in [2.75, 3.05) is 24.9 Å². The Kier molecular flexibility index (Phi) is 11.2. The van der Waals surface area contributed by atoms with Gasteiger partial charge in [-0.3, -0.25) is 14.4 Å². The number of hydrogen-bond donors (Lipinski definition) is 3. The summed E-state index contributed by atoms with van der Waals surface area (Å²) in [6, 6.07) is 28.6. The topological polar surface area (TPSA) is 106 Å². The van der Waals surface area contributed by atoms with Crippen molar-refractivity contribution in [2.24, 2.45) is 0 Å². The van der Waals surface area contributed by atoms with Crippen LogP contribution in [0.4, 0.5) is 11.4 Å². The smallest absolute Gasteiger partial charge is 0.272 e. The molecule has 43 heavy (non-hydrogen) atoms. The molecule has 0 aromatic heterocycles. The fourth-order valence-electron chi connectivity index (χ4n) is 4.00. The Balaban J connectivity index is 1.54. The quantitative estimate of drug-likeness (QED) is 0.0897. The lowest BCUT2D eigenvalue weighted by Crippen LogP contribution is -2.30. The van der Waals surface area contributed by atoms with Gasteiger partial charge in [0.1, 0.15) is 5.70 Å². The summed E-state index contributed by atoms with van der Waals surface area (Å²) in [5.74, 6) is -0.223. The molecule has 4 aromatic rings. The van der Waals surface area contributed by atoms with Crippen LogP contribution >= 0.6 is 34.4 Å². The van der Waals surface area contributed by atoms with Crippen LogP contribution in [-0.4, -0.2) is 37.2 Å². The Labute approximate surface area is 268 Å². The van der Waals surface area contributed by atoms with Crippen LogP contribution in [0.15, 0.2) is 108 Å². The van der Waals surface area contributed by atoms with E-state index >= 15 is 0 Å². The number of carbonyl (C=O) groups excluding carboxylic acids is 3. The van der Waals surface area contributed by atoms with E-state index in [1.165, 1.54) is 32.1 Å². The van der Waals surface area contributed by atoms with Gasteiger partial charge >= 0.3 is 0 Å². The van der Waals surface area contributed by atoms with E-state index in [-0.39, 0.29) is 11.6 Å². The second-order valence-corrected chi connectivity index (χ2v) is 11.9. The Morgan fingerprint density at radius 2 is 1.53 bits per heavy atom. The lowest BCUT2D eigenvalue weighted by atomic mass is 10.1. The summed E-state index contributed by atoms with van der Waals surface area (Å²) in [5.41, 5.74) is 2.16. The highest BCUT2D eigenvalue weighted by Gasteiger charge is 2.19. The van der Waals surface area contributed by atoms with Gasteiger partial charge in [-0.1, -0.05) is 36.4 Å². The normalized spacial score (nSPS) is 11.7. The van der Waals surface area contributed by atoms with Crippen LogP contribution in [0.1, 0.15) is 22.8 Å². The van der Waals surface area contributed by atoms with Gasteiger partial charge < -0.3 is 25.4 Å². The first-order valence-corrected chi connectivity index (χ1v) is 15.2. The number of ether oxygens (including phenoxy) is 2. The average Bonchev–Trinajstić information content (AvgIpc) is 3.02. The first-order chi connectivity index (χ1) is 20.8. The minimum atomic E-state index is -0.541. The molecule has 220 valence electrons. The predicted molar refractivity (Wildman–Crippen MR) is 180 cm³/mol. The van der Waals surface area contributed by atoms with Crippen molar-refractivity contribution >= 4 is 69.5 Å². The second kappa shape index (κ2) is 15.3. The van der Waals surface area contributed by atoms with Gasteiger partial charge in [0.2, 0.25) is 5.91 Å².